The smallest absolute Gasteiger partial charge is 0.243 e. The van der Waals surface area contributed by atoms with E-state index in [4.69, 9.17) is 22.0 Å². The van der Waals surface area contributed by atoms with E-state index in [0.717, 1.165) is 0 Å². The number of carbonyl (C=O) groups excluding carboxylic acids is 2. The van der Waals surface area contributed by atoms with Gasteiger partial charge in [0.1, 0.15) is 18.4 Å². The van der Waals surface area contributed by atoms with Gasteiger partial charge in [-0.3, -0.25) is 9.59 Å². The number of amides is 2. The fourth-order valence-corrected chi connectivity index (χ4v) is 3.24. The third kappa shape index (κ3) is 5.72. The summed E-state index contributed by atoms with van der Waals surface area (Å²) < 4.78 is 5.51. The fraction of sp³-hybridized carbons (Fsp3) is 0.545. The molecule has 1 fully saturated rings. The summed E-state index contributed by atoms with van der Waals surface area (Å²) in [5.74, 6) is 2.24. The second-order valence-electron chi connectivity index (χ2n) is 8.50. The molecule has 0 bridgehead atoms. The minimum atomic E-state index is -0.798. The summed E-state index contributed by atoms with van der Waals surface area (Å²) >= 11 is 0. The Bertz CT molecular complexity index is 812. The van der Waals surface area contributed by atoms with Crippen LogP contribution < -0.4 is 15.8 Å². The number of aliphatic hydroxyl groups is 2. The SMILES string of the molecule is C#Cc1ccc(CNC(=O)[C@@H]2C[C@@H](O)CN2C(=O)[C@@H](N)C(C)(C)C)c(OCCO)c1. The van der Waals surface area contributed by atoms with Crippen molar-refractivity contribution in [3.05, 3.63) is 29.3 Å². The van der Waals surface area contributed by atoms with Gasteiger partial charge in [-0.05, 0) is 17.5 Å². The van der Waals surface area contributed by atoms with Crippen molar-refractivity contribution in [2.45, 2.75) is 51.9 Å². The molecule has 0 radical (unpaired) electrons. The van der Waals surface area contributed by atoms with Crippen LogP contribution in [-0.2, 0) is 16.1 Å². The van der Waals surface area contributed by atoms with Crippen LogP contribution in [0, 0.1) is 17.8 Å². The molecule has 0 unspecified atom stereocenters. The zero-order valence-electron chi connectivity index (χ0n) is 17.7. The van der Waals surface area contributed by atoms with Gasteiger partial charge in [0.15, 0.2) is 0 Å². The Morgan fingerprint density at radius 1 is 1.43 bits per heavy atom. The van der Waals surface area contributed by atoms with E-state index in [-0.39, 0.29) is 44.5 Å². The summed E-state index contributed by atoms with van der Waals surface area (Å²) in [6, 6.07) is 3.55. The number of terminal acetylenes is 1. The van der Waals surface area contributed by atoms with Crippen molar-refractivity contribution >= 4 is 11.8 Å². The minimum absolute atomic E-state index is 0.0719. The summed E-state index contributed by atoms with van der Waals surface area (Å²) in [6.07, 6.45) is 4.79. The van der Waals surface area contributed by atoms with Crippen molar-refractivity contribution in [2.24, 2.45) is 11.1 Å². The van der Waals surface area contributed by atoms with E-state index in [1.54, 1.807) is 18.2 Å². The Kier molecular flexibility index (Phi) is 7.84. The topological polar surface area (TPSA) is 125 Å². The first kappa shape index (κ1) is 23.7. The Balaban J connectivity index is 2.11. The number of aliphatic hydroxyl groups excluding tert-OH is 2. The lowest BCUT2D eigenvalue weighted by atomic mass is 9.86. The number of ether oxygens (including phenoxy) is 1. The van der Waals surface area contributed by atoms with E-state index in [1.165, 1.54) is 4.90 Å². The van der Waals surface area contributed by atoms with Crippen molar-refractivity contribution in [3.8, 4) is 18.1 Å². The molecule has 0 aromatic heterocycles. The molecule has 8 nitrogen and oxygen atoms in total. The van der Waals surface area contributed by atoms with Crippen LogP contribution in [0.1, 0.15) is 38.3 Å². The highest BCUT2D eigenvalue weighted by atomic mass is 16.5. The average molecular weight is 418 g/mol. The number of carbonyl (C=O) groups is 2. The zero-order valence-corrected chi connectivity index (χ0v) is 17.7. The highest BCUT2D eigenvalue weighted by Gasteiger charge is 2.42. The predicted octanol–water partition coefficient (Wildman–Crippen LogP) is -0.00960. The molecule has 1 aromatic rings. The predicted molar refractivity (Wildman–Crippen MR) is 112 cm³/mol. The number of hydrogen-bond donors (Lipinski definition) is 4. The molecule has 2 rings (SSSR count). The first-order valence-electron chi connectivity index (χ1n) is 9.93. The molecular formula is C22H31N3O5. The number of β-amino-alcohol motifs (C(OH)–C–C–N with tert-alkyl or cyclic N) is 1. The van der Waals surface area contributed by atoms with E-state index < -0.39 is 23.6 Å². The molecule has 5 N–H and O–H groups in total. The van der Waals surface area contributed by atoms with Crippen LogP contribution in [-0.4, -0.2) is 64.9 Å². The molecule has 1 saturated heterocycles. The Hall–Kier alpha value is -2.60. The molecule has 8 heteroatoms. The third-order valence-corrected chi connectivity index (χ3v) is 5.10. The van der Waals surface area contributed by atoms with Crippen molar-refractivity contribution in [3.63, 3.8) is 0 Å². The zero-order chi connectivity index (χ0) is 22.5. The summed E-state index contributed by atoms with van der Waals surface area (Å²) in [7, 11) is 0. The minimum Gasteiger partial charge on any atom is -0.491 e. The van der Waals surface area contributed by atoms with Crippen LogP contribution in [0.3, 0.4) is 0 Å². The number of hydrogen-bond acceptors (Lipinski definition) is 6. The van der Waals surface area contributed by atoms with Crippen LogP contribution in [0.2, 0.25) is 0 Å². The molecule has 30 heavy (non-hydrogen) atoms. The van der Waals surface area contributed by atoms with E-state index in [1.807, 2.05) is 20.8 Å². The molecule has 164 valence electrons. The highest BCUT2D eigenvalue weighted by molar-refractivity contribution is 5.90. The summed E-state index contributed by atoms with van der Waals surface area (Å²) in [5, 5.41) is 21.9. The van der Waals surface area contributed by atoms with E-state index in [9.17, 15) is 14.7 Å². The van der Waals surface area contributed by atoms with Gasteiger partial charge < -0.3 is 30.9 Å². The van der Waals surface area contributed by atoms with Crippen LogP contribution in [0.25, 0.3) is 0 Å². The van der Waals surface area contributed by atoms with Gasteiger partial charge in [0.2, 0.25) is 11.8 Å². The molecule has 0 saturated carbocycles. The largest absolute Gasteiger partial charge is 0.491 e. The van der Waals surface area contributed by atoms with Crippen molar-refractivity contribution < 1.29 is 24.5 Å². The summed E-state index contributed by atoms with van der Waals surface area (Å²) in [6.45, 7) is 5.71. The lowest BCUT2D eigenvalue weighted by Gasteiger charge is -2.32. The van der Waals surface area contributed by atoms with Crippen molar-refractivity contribution in [1.29, 1.82) is 0 Å². The number of nitrogens with zero attached hydrogens (tertiary/aromatic N) is 1. The first-order chi connectivity index (χ1) is 14.1. The summed E-state index contributed by atoms with van der Waals surface area (Å²) in [4.78, 5) is 27.0. The maximum Gasteiger partial charge on any atom is 0.243 e. The third-order valence-electron chi connectivity index (χ3n) is 5.10. The van der Waals surface area contributed by atoms with Gasteiger partial charge in [-0.1, -0.05) is 32.8 Å². The lowest BCUT2D eigenvalue weighted by Crippen LogP contribution is -2.54. The van der Waals surface area contributed by atoms with Crippen molar-refractivity contribution in [2.75, 3.05) is 19.8 Å². The molecule has 1 heterocycles. The van der Waals surface area contributed by atoms with E-state index >= 15 is 0 Å². The fourth-order valence-electron chi connectivity index (χ4n) is 3.24. The second kappa shape index (κ2) is 9.94. The molecule has 0 aliphatic carbocycles. The van der Waals surface area contributed by atoms with E-state index in [0.29, 0.717) is 16.9 Å². The normalized spacial score (nSPS) is 19.8. The maximum absolute atomic E-state index is 12.8. The Morgan fingerprint density at radius 3 is 2.73 bits per heavy atom. The van der Waals surface area contributed by atoms with Crippen molar-refractivity contribution in [1.82, 2.24) is 10.2 Å². The average Bonchev–Trinajstić information content (AvgIpc) is 3.10. The van der Waals surface area contributed by atoms with Gasteiger partial charge in [-0.15, -0.1) is 6.42 Å². The quantitative estimate of drug-likeness (QED) is 0.463. The molecule has 1 aliphatic heterocycles. The molecule has 1 aromatic carbocycles. The Morgan fingerprint density at radius 2 is 2.13 bits per heavy atom. The molecule has 2 amide bonds. The molecule has 3 atom stereocenters. The monoisotopic (exact) mass is 417 g/mol. The van der Waals surface area contributed by atoms with Gasteiger partial charge in [0.25, 0.3) is 0 Å². The van der Waals surface area contributed by atoms with Crippen LogP contribution in [0.15, 0.2) is 18.2 Å². The standard InChI is InChI=1S/C22H31N3O5/c1-5-14-6-7-15(18(10-14)30-9-8-26)12-24-20(28)17-11-16(27)13-25(17)21(29)19(23)22(2,3)4/h1,6-7,10,16-17,19,26-27H,8-9,11-13,23H2,2-4H3,(H,24,28)/t16-,17+,19-/m1/s1. The van der Waals surface area contributed by atoms with Crippen LogP contribution in [0.4, 0.5) is 0 Å². The van der Waals surface area contributed by atoms with Gasteiger partial charge in [0.05, 0.1) is 18.8 Å². The van der Waals surface area contributed by atoms with Crippen LogP contribution >= 0.6 is 0 Å². The maximum atomic E-state index is 12.8. The molecule has 1 aliphatic rings. The van der Waals surface area contributed by atoms with Gasteiger partial charge in [0, 0.05) is 30.6 Å². The first-order valence-corrected chi connectivity index (χ1v) is 9.93. The highest BCUT2D eigenvalue weighted by Crippen LogP contribution is 2.25. The number of nitrogens with one attached hydrogen (secondary N) is 1. The van der Waals surface area contributed by atoms with Crippen LogP contribution in [0.5, 0.6) is 5.75 Å². The lowest BCUT2D eigenvalue weighted by molar-refractivity contribution is -0.141. The van der Waals surface area contributed by atoms with E-state index in [2.05, 4.69) is 11.2 Å². The second-order valence-corrected chi connectivity index (χ2v) is 8.50. The Labute approximate surface area is 177 Å². The van der Waals surface area contributed by atoms with Gasteiger partial charge in [-0.2, -0.15) is 0 Å². The molecular weight excluding hydrogens is 386 g/mol. The number of benzene rings is 1. The number of rotatable bonds is 7. The van der Waals surface area contributed by atoms with Gasteiger partial charge in [-0.25, -0.2) is 0 Å². The number of likely N-dealkylation sites (tertiary alicyclic amines) is 1. The van der Waals surface area contributed by atoms with Gasteiger partial charge >= 0.3 is 0 Å². The molecule has 0 spiro atoms. The summed E-state index contributed by atoms with van der Waals surface area (Å²) in [5.41, 5.74) is 6.91. The number of nitrogens with two attached hydrogens (primary N) is 1.